The minimum Gasteiger partial charge on any atom is -0.493 e. The van der Waals surface area contributed by atoms with Crippen LogP contribution in [0.1, 0.15) is 66.8 Å². The summed E-state index contributed by atoms with van der Waals surface area (Å²) < 4.78 is 19.5. The Morgan fingerprint density at radius 3 is 2.59 bits per heavy atom. The Morgan fingerprint density at radius 1 is 0.969 bits per heavy atom. The lowest BCUT2D eigenvalue weighted by Gasteiger charge is -2.33. The fraction of sp³-hybridized carbons (Fsp3) is 0.571. The van der Waals surface area contributed by atoms with E-state index in [2.05, 4.69) is 28.9 Å². The van der Waals surface area contributed by atoms with Gasteiger partial charge in [-0.2, -0.15) is 0 Å². The Morgan fingerprint density at radius 2 is 1.78 bits per heavy atom. The van der Waals surface area contributed by atoms with Crippen LogP contribution in [-0.4, -0.2) is 48.6 Å². The monoisotopic (exact) mass is 436 g/mol. The summed E-state index contributed by atoms with van der Waals surface area (Å²) in [5.74, 6) is 0.915. The molecule has 0 bridgehead atoms. The van der Waals surface area contributed by atoms with Gasteiger partial charge in [0.2, 0.25) is 0 Å². The average molecular weight is 437 g/mol. The van der Waals surface area contributed by atoms with Gasteiger partial charge in [-0.05, 0) is 118 Å². The number of likely N-dealkylation sites (tertiary alicyclic amines) is 2. The van der Waals surface area contributed by atoms with Crippen molar-refractivity contribution in [2.45, 2.75) is 70.4 Å². The minimum atomic E-state index is -0.154. The van der Waals surface area contributed by atoms with E-state index in [-0.39, 0.29) is 5.82 Å². The summed E-state index contributed by atoms with van der Waals surface area (Å²) in [6, 6.07) is 12.7. The van der Waals surface area contributed by atoms with Gasteiger partial charge in [-0.15, -0.1) is 0 Å². The first-order valence-electron chi connectivity index (χ1n) is 12.7. The summed E-state index contributed by atoms with van der Waals surface area (Å²) in [5, 5.41) is 0. The van der Waals surface area contributed by atoms with Crippen LogP contribution in [0.2, 0.25) is 0 Å². The van der Waals surface area contributed by atoms with Gasteiger partial charge in [0.25, 0.3) is 0 Å². The lowest BCUT2D eigenvalue weighted by Crippen LogP contribution is -2.37. The molecule has 0 radical (unpaired) electrons. The molecule has 2 aromatic carbocycles. The van der Waals surface area contributed by atoms with E-state index in [9.17, 15) is 4.39 Å². The largest absolute Gasteiger partial charge is 0.493 e. The van der Waals surface area contributed by atoms with E-state index < -0.39 is 0 Å². The maximum absolute atomic E-state index is 13.3. The number of halogens is 1. The molecule has 2 heterocycles. The zero-order valence-electron chi connectivity index (χ0n) is 19.5. The van der Waals surface area contributed by atoms with Gasteiger partial charge in [-0.3, -0.25) is 4.90 Å². The fourth-order valence-corrected chi connectivity index (χ4v) is 6.18. The second-order valence-electron chi connectivity index (χ2n) is 9.91. The smallest absolute Gasteiger partial charge is 0.123 e. The highest BCUT2D eigenvalue weighted by molar-refractivity contribution is 5.46. The van der Waals surface area contributed by atoms with E-state index in [1.165, 1.54) is 73.9 Å². The minimum absolute atomic E-state index is 0.154. The maximum atomic E-state index is 13.3. The van der Waals surface area contributed by atoms with E-state index in [0.717, 1.165) is 44.3 Å². The van der Waals surface area contributed by atoms with Crippen LogP contribution in [0, 0.1) is 12.7 Å². The molecule has 5 rings (SSSR count). The Hall–Kier alpha value is -1.91. The predicted octanol–water partition coefficient (Wildman–Crippen LogP) is 5.69. The van der Waals surface area contributed by atoms with Crippen molar-refractivity contribution in [2.24, 2.45) is 0 Å². The molecule has 2 atom stereocenters. The number of fused-ring (bicyclic) bond motifs is 1. The Kier molecular flexibility index (Phi) is 6.80. The maximum Gasteiger partial charge on any atom is 0.123 e. The molecule has 2 aliphatic heterocycles. The molecule has 2 fully saturated rings. The molecule has 2 saturated heterocycles. The highest BCUT2D eigenvalue weighted by atomic mass is 19.1. The summed E-state index contributed by atoms with van der Waals surface area (Å²) in [6.45, 7) is 7.73. The number of nitrogens with zero attached hydrogens (tertiary/aromatic N) is 2. The molecule has 32 heavy (non-hydrogen) atoms. The number of benzene rings is 2. The molecule has 2 aromatic rings. The van der Waals surface area contributed by atoms with Gasteiger partial charge in [0.05, 0.1) is 6.61 Å². The van der Waals surface area contributed by atoms with Gasteiger partial charge in [0.1, 0.15) is 11.6 Å². The van der Waals surface area contributed by atoms with Crippen LogP contribution in [0.4, 0.5) is 4.39 Å². The molecule has 2 unspecified atom stereocenters. The van der Waals surface area contributed by atoms with E-state index >= 15 is 0 Å². The van der Waals surface area contributed by atoms with E-state index in [1.54, 1.807) is 12.1 Å². The zero-order chi connectivity index (χ0) is 21.9. The molecular formula is C28H37FN2O. The van der Waals surface area contributed by atoms with Crippen molar-refractivity contribution >= 4 is 0 Å². The van der Waals surface area contributed by atoms with Crippen LogP contribution < -0.4 is 4.74 Å². The molecular weight excluding hydrogens is 399 g/mol. The summed E-state index contributed by atoms with van der Waals surface area (Å²) in [6.07, 6.45) is 9.82. The number of ether oxygens (including phenoxy) is 1. The normalized spacial score (nSPS) is 24.1. The van der Waals surface area contributed by atoms with Gasteiger partial charge in [-0.25, -0.2) is 4.39 Å². The topological polar surface area (TPSA) is 15.7 Å². The molecule has 0 aromatic heterocycles. The van der Waals surface area contributed by atoms with E-state index in [4.69, 9.17) is 4.74 Å². The van der Waals surface area contributed by atoms with Crippen molar-refractivity contribution in [3.05, 3.63) is 64.5 Å². The molecule has 172 valence electrons. The summed E-state index contributed by atoms with van der Waals surface area (Å²) >= 11 is 0. The van der Waals surface area contributed by atoms with Crippen LogP contribution in [-0.2, 0) is 12.8 Å². The Bertz CT molecular complexity index is 906. The summed E-state index contributed by atoms with van der Waals surface area (Å²) in [5.41, 5.74) is 5.67. The van der Waals surface area contributed by atoms with E-state index in [0.29, 0.717) is 6.04 Å². The van der Waals surface area contributed by atoms with Crippen LogP contribution >= 0.6 is 0 Å². The van der Waals surface area contributed by atoms with Crippen molar-refractivity contribution in [1.82, 2.24) is 9.80 Å². The molecule has 3 aliphatic rings. The molecule has 1 aliphatic carbocycles. The molecule has 0 saturated carbocycles. The zero-order valence-corrected chi connectivity index (χ0v) is 19.5. The standard InChI is InChI=1S/C28H37FN2O/c1-21-26-13-12-25(30-15-2-3-16-30)20-23(26)9-14-28(21)32-19-5-18-31-17-4-6-27(31)22-7-10-24(29)11-8-22/h7-11,14,25,27H,2-6,12-13,15-20H2,1H3. The molecule has 0 amide bonds. The van der Waals surface area contributed by atoms with Gasteiger partial charge in [-0.1, -0.05) is 18.2 Å². The van der Waals surface area contributed by atoms with Crippen molar-refractivity contribution in [3.8, 4) is 5.75 Å². The molecule has 4 heteroatoms. The predicted molar refractivity (Wildman–Crippen MR) is 128 cm³/mol. The van der Waals surface area contributed by atoms with Crippen molar-refractivity contribution in [1.29, 1.82) is 0 Å². The third kappa shape index (κ3) is 4.72. The first-order valence-corrected chi connectivity index (χ1v) is 12.7. The van der Waals surface area contributed by atoms with Gasteiger partial charge < -0.3 is 9.64 Å². The molecule has 3 nitrogen and oxygen atoms in total. The average Bonchev–Trinajstić information content (AvgIpc) is 3.51. The molecule has 0 spiro atoms. The second-order valence-corrected chi connectivity index (χ2v) is 9.91. The van der Waals surface area contributed by atoms with Crippen LogP contribution in [0.3, 0.4) is 0 Å². The van der Waals surface area contributed by atoms with Crippen molar-refractivity contribution in [2.75, 3.05) is 32.8 Å². The van der Waals surface area contributed by atoms with Crippen molar-refractivity contribution in [3.63, 3.8) is 0 Å². The summed E-state index contributed by atoms with van der Waals surface area (Å²) in [7, 11) is 0. The van der Waals surface area contributed by atoms with Gasteiger partial charge >= 0.3 is 0 Å². The van der Waals surface area contributed by atoms with Crippen LogP contribution in [0.15, 0.2) is 36.4 Å². The summed E-state index contributed by atoms with van der Waals surface area (Å²) in [4.78, 5) is 5.25. The Balaban J connectivity index is 1.13. The van der Waals surface area contributed by atoms with Gasteiger partial charge in [0.15, 0.2) is 0 Å². The lowest BCUT2D eigenvalue weighted by atomic mass is 9.85. The van der Waals surface area contributed by atoms with Crippen LogP contribution in [0.5, 0.6) is 5.75 Å². The van der Waals surface area contributed by atoms with Crippen LogP contribution in [0.25, 0.3) is 0 Å². The van der Waals surface area contributed by atoms with E-state index in [1.807, 2.05) is 12.1 Å². The number of hydrogen-bond donors (Lipinski definition) is 0. The van der Waals surface area contributed by atoms with Gasteiger partial charge in [0, 0.05) is 18.6 Å². The fourth-order valence-electron chi connectivity index (χ4n) is 6.18. The molecule has 0 N–H and O–H groups in total. The Labute approximate surface area is 192 Å². The third-order valence-electron chi connectivity index (χ3n) is 7.95. The number of hydrogen-bond acceptors (Lipinski definition) is 3. The second kappa shape index (κ2) is 9.93. The highest BCUT2D eigenvalue weighted by Crippen LogP contribution is 2.34. The SMILES string of the molecule is Cc1c(OCCCN2CCCC2c2ccc(F)cc2)ccc2c1CCC(N1CCCC1)C2. The quantitative estimate of drug-likeness (QED) is 0.518. The third-order valence-corrected chi connectivity index (χ3v) is 7.95. The highest BCUT2D eigenvalue weighted by Gasteiger charge is 2.28. The lowest BCUT2D eigenvalue weighted by molar-refractivity contribution is 0.218. The first-order chi connectivity index (χ1) is 15.7. The van der Waals surface area contributed by atoms with Crippen molar-refractivity contribution < 1.29 is 9.13 Å². The first kappa shape index (κ1) is 21.9. The number of rotatable bonds is 7.